The fraction of sp³-hybridized carbons (Fsp3) is 0.278. The van der Waals surface area contributed by atoms with Crippen LogP contribution in [0.4, 0.5) is 13.2 Å². The molecule has 1 fully saturated rings. The summed E-state index contributed by atoms with van der Waals surface area (Å²) in [5.41, 5.74) is 6.06. The Kier molecular flexibility index (Phi) is 3.42. The number of nitrogens with two attached hydrogens (primary N) is 1. The largest absolute Gasteiger partial charge is 0.416 e. The number of halogens is 3. The van der Waals surface area contributed by atoms with Gasteiger partial charge >= 0.3 is 6.18 Å². The Morgan fingerprint density at radius 1 is 1.16 bits per heavy atom. The zero-order chi connectivity index (χ0) is 17.8. The van der Waals surface area contributed by atoms with E-state index in [0.29, 0.717) is 13.0 Å². The molecule has 1 amide bonds. The van der Waals surface area contributed by atoms with Gasteiger partial charge in [-0.15, -0.1) is 0 Å². The molecule has 4 rings (SSSR count). The molecule has 2 atom stereocenters. The highest BCUT2D eigenvalue weighted by molar-refractivity contribution is 5.87. The maximum absolute atomic E-state index is 12.6. The standard InChI is InChI=1S/C18H15F3N2O2/c19-18(20,21)12-7-5-11(6-8-12)9-10-23-15-13-3-1-2-4-14(13)17(23,25-15)16(22)24/h1-8,15H,9-10H2,(H2,22,24). The SMILES string of the molecule is NC(=O)C12OC(c3ccccc31)N2CCc1ccc(C(F)(F)F)cc1. The number of carbonyl (C=O) groups is 1. The summed E-state index contributed by atoms with van der Waals surface area (Å²) in [6.07, 6.45) is -4.19. The van der Waals surface area contributed by atoms with E-state index in [2.05, 4.69) is 0 Å². The van der Waals surface area contributed by atoms with Crippen molar-refractivity contribution in [2.24, 2.45) is 5.73 Å². The number of benzene rings is 2. The monoisotopic (exact) mass is 348 g/mol. The van der Waals surface area contributed by atoms with Gasteiger partial charge in [0.1, 0.15) is 6.23 Å². The molecule has 0 aliphatic carbocycles. The molecule has 0 saturated carbocycles. The number of hydrogen-bond acceptors (Lipinski definition) is 3. The predicted octanol–water partition coefficient (Wildman–Crippen LogP) is 2.93. The molecule has 130 valence electrons. The van der Waals surface area contributed by atoms with E-state index >= 15 is 0 Å². The summed E-state index contributed by atoms with van der Waals surface area (Å²) in [6, 6.07) is 12.4. The van der Waals surface area contributed by atoms with Crippen LogP contribution in [0.3, 0.4) is 0 Å². The first-order valence-electron chi connectivity index (χ1n) is 7.84. The second kappa shape index (κ2) is 5.31. The number of alkyl halides is 3. The maximum atomic E-state index is 12.6. The number of carbonyl (C=O) groups excluding carboxylic acids is 1. The summed E-state index contributed by atoms with van der Waals surface area (Å²) in [7, 11) is 0. The second-order valence-electron chi connectivity index (χ2n) is 6.20. The van der Waals surface area contributed by atoms with Gasteiger partial charge in [0.05, 0.1) is 5.56 Å². The number of hydrogen-bond donors (Lipinski definition) is 1. The molecule has 2 bridgehead atoms. The molecule has 2 aromatic rings. The van der Waals surface area contributed by atoms with Gasteiger partial charge in [0.25, 0.3) is 5.91 Å². The normalized spacial score (nSPS) is 24.7. The van der Waals surface area contributed by atoms with Crippen LogP contribution in [-0.4, -0.2) is 17.4 Å². The van der Waals surface area contributed by atoms with Gasteiger partial charge < -0.3 is 10.5 Å². The third-order valence-corrected chi connectivity index (χ3v) is 4.82. The average Bonchev–Trinajstić information content (AvgIpc) is 3.03. The maximum Gasteiger partial charge on any atom is 0.416 e. The highest BCUT2D eigenvalue weighted by Crippen LogP contribution is 2.58. The topological polar surface area (TPSA) is 55.6 Å². The number of ether oxygens (including phenoxy) is 1. The second-order valence-corrected chi connectivity index (χ2v) is 6.20. The van der Waals surface area contributed by atoms with Crippen LogP contribution in [0.15, 0.2) is 48.5 Å². The van der Waals surface area contributed by atoms with Crippen molar-refractivity contribution in [1.29, 1.82) is 0 Å². The van der Waals surface area contributed by atoms with Gasteiger partial charge in [-0.1, -0.05) is 36.4 Å². The predicted molar refractivity (Wildman–Crippen MR) is 83.0 cm³/mol. The summed E-state index contributed by atoms with van der Waals surface area (Å²) in [4.78, 5) is 13.9. The lowest BCUT2D eigenvalue weighted by Crippen LogP contribution is -2.62. The van der Waals surface area contributed by atoms with E-state index in [0.717, 1.165) is 28.8 Å². The molecule has 2 N–H and O–H groups in total. The van der Waals surface area contributed by atoms with Crippen molar-refractivity contribution < 1.29 is 22.7 Å². The Morgan fingerprint density at radius 2 is 1.84 bits per heavy atom. The first kappa shape index (κ1) is 16.1. The van der Waals surface area contributed by atoms with E-state index < -0.39 is 23.4 Å². The summed E-state index contributed by atoms with van der Waals surface area (Å²) < 4.78 is 43.6. The van der Waals surface area contributed by atoms with Crippen molar-refractivity contribution in [3.05, 3.63) is 70.8 Å². The molecule has 2 aromatic carbocycles. The van der Waals surface area contributed by atoms with Gasteiger partial charge in [-0.3, -0.25) is 4.79 Å². The Labute approximate surface area is 142 Å². The third-order valence-electron chi connectivity index (χ3n) is 4.82. The summed E-state index contributed by atoms with van der Waals surface area (Å²) >= 11 is 0. The van der Waals surface area contributed by atoms with Crippen molar-refractivity contribution in [2.45, 2.75) is 24.6 Å². The molecule has 2 unspecified atom stereocenters. The number of fused-ring (bicyclic) bond motifs is 5. The summed E-state index contributed by atoms with van der Waals surface area (Å²) in [5, 5.41) is 0. The summed E-state index contributed by atoms with van der Waals surface area (Å²) in [5.74, 6) is -0.582. The number of rotatable bonds is 4. The Balaban J connectivity index is 1.52. The average molecular weight is 348 g/mol. The number of primary amides is 1. The molecule has 0 aromatic heterocycles. The van der Waals surface area contributed by atoms with Gasteiger partial charge in [-0.2, -0.15) is 13.2 Å². The van der Waals surface area contributed by atoms with E-state index in [-0.39, 0.29) is 6.23 Å². The molecular formula is C18H15F3N2O2. The Hall–Kier alpha value is -2.38. The fourth-order valence-corrected chi connectivity index (χ4v) is 3.60. The minimum absolute atomic E-state index is 0.335. The first-order chi connectivity index (χ1) is 11.8. The van der Waals surface area contributed by atoms with E-state index in [4.69, 9.17) is 10.5 Å². The van der Waals surface area contributed by atoms with E-state index in [1.165, 1.54) is 12.1 Å². The van der Waals surface area contributed by atoms with Crippen LogP contribution >= 0.6 is 0 Å². The lowest BCUT2D eigenvalue weighted by Gasteiger charge is -2.48. The highest BCUT2D eigenvalue weighted by atomic mass is 19.4. The smallest absolute Gasteiger partial charge is 0.366 e. The van der Waals surface area contributed by atoms with Crippen LogP contribution in [0, 0.1) is 0 Å². The van der Waals surface area contributed by atoms with Crippen LogP contribution < -0.4 is 5.73 Å². The van der Waals surface area contributed by atoms with Crippen LogP contribution in [0.2, 0.25) is 0 Å². The molecule has 0 radical (unpaired) electrons. The van der Waals surface area contributed by atoms with E-state index in [1.54, 1.807) is 0 Å². The number of amides is 1. The van der Waals surface area contributed by atoms with E-state index in [1.807, 2.05) is 29.2 Å². The van der Waals surface area contributed by atoms with E-state index in [9.17, 15) is 18.0 Å². The zero-order valence-electron chi connectivity index (χ0n) is 13.1. The zero-order valence-corrected chi connectivity index (χ0v) is 13.1. The minimum Gasteiger partial charge on any atom is -0.366 e. The Bertz CT molecular complexity index is 835. The van der Waals surface area contributed by atoms with Crippen molar-refractivity contribution in [1.82, 2.24) is 4.90 Å². The highest BCUT2D eigenvalue weighted by Gasteiger charge is 2.66. The van der Waals surface area contributed by atoms with Crippen LogP contribution in [0.1, 0.15) is 28.5 Å². The van der Waals surface area contributed by atoms with Crippen LogP contribution in [-0.2, 0) is 27.9 Å². The molecular weight excluding hydrogens is 333 g/mol. The van der Waals surface area contributed by atoms with Crippen molar-refractivity contribution in [3.63, 3.8) is 0 Å². The van der Waals surface area contributed by atoms with Crippen LogP contribution in [0.5, 0.6) is 0 Å². The van der Waals surface area contributed by atoms with Gasteiger partial charge in [0, 0.05) is 17.7 Å². The molecule has 1 saturated heterocycles. The van der Waals surface area contributed by atoms with Crippen molar-refractivity contribution >= 4 is 5.91 Å². The third kappa shape index (κ3) is 2.26. The molecule has 4 nitrogen and oxygen atoms in total. The summed E-state index contributed by atoms with van der Waals surface area (Å²) in [6.45, 7) is 0.452. The van der Waals surface area contributed by atoms with Crippen molar-refractivity contribution in [3.8, 4) is 0 Å². The first-order valence-corrected chi connectivity index (χ1v) is 7.84. The minimum atomic E-state index is -4.35. The quantitative estimate of drug-likeness (QED) is 0.924. The lowest BCUT2D eigenvalue weighted by molar-refractivity contribution is -0.328. The van der Waals surface area contributed by atoms with Gasteiger partial charge in [-0.05, 0) is 24.1 Å². The number of nitrogens with zero attached hydrogens (tertiary/aromatic N) is 1. The van der Waals surface area contributed by atoms with Gasteiger partial charge in [0.2, 0.25) is 5.72 Å². The fourth-order valence-electron chi connectivity index (χ4n) is 3.60. The van der Waals surface area contributed by atoms with Gasteiger partial charge in [0.15, 0.2) is 0 Å². The molecule has 2 aliphatic heterocycles. The molecule has 7 heteroatoms. The Morgan fingerprint density at radius 3 is 2.48 bits per heavy atom. The molecule has 25 heavy (non-hydrogen) atoms. The molecule has 2 aliphatic rings. The van der Waals surface area contributed by atoms with Crippen molar-refractivity contribution in [2.75, 3.05) is 6.54 Å². The molecule has 0 spiro atoms. The molecule has 2 heterocycles. The lowest BCUT2D eigenvalue weighted by atomic mass is 10.0. The van der Waals surface area contributed by atoms with Gasteiger partial charge in [-0.25, -0.2) is 4.90 Å². The van der Waals surface area contributed by atoms with Crippen LogP contribution in [0.25, 0.3) is 0 Å².